The number of hydrogen-bond acceptors (Lipinski definition) is 2. The molecule has 0 aromatic heterocycles. The molecule has 0 aliphatic rings. The van der Waals surface area contributed by atoms with Gasteiger partial charge in [0.05, 0.1) is 12.8 Å². The Balaban J connectivity index is 2.74. The van der Waals surface area contributed by atoms with Crippen molar-refractivity contribution in [2.75, 3.05) is 7.11 Å². The van der Waals surface area contributed by atoms with E-state index >= 15 is 0 Å². The van der Waals surface area contributed by atoms with Crippen LogP contribution in [-0.4, -0.2) is 13.3 Å². The van der Waals surface area contributed by atoms with Crippen LogP contribution in [0.15, 0.2) is 48.0 Å². The lowest BCUT2D eigenvalue weighted by Gasteiger charge is -2.02. The van der Waals surface area contributed by atoms with Crippen molar-refractivity contribution in [1.82, 2.24) is 0 Å². The molecular weight excluding hydrogens is 186 g/mol. The third kappa shape index (κ3) is 3.43. The van der Waals surface area contributed by atoms with Gasteiger partial charge >= 0.3 is 0 Å². The van der Waals surface area contributed by atoms with Gasteiger partial charge in [0.2, 0.25) is 0 Å². The Morgan fingerprint density at radius 3 is 2.53 bits per heavy atom. The van der Waals surface area contributed by atoms with Crippen LogP contribution >= 0.6 is 0 Å². The van der Waals surface area contributed by atoms with Crippen LogP contribution in [-0.2, 0) is 0 Å². The summed E-state index contributed by atoms with van der Waals surface area (Å²) < 4.78 is 5.07. The Morgan fingerprint density at radius 2 is 2.00 bits per heavy atom. The van der Waals surface area contributed by atoms with E-state index in [-0.39, 0.29) is 0 Å². The third-order valence-electron chi connectivity index (χ3n) is 1.93. The molecule has 0 bridgehead atoms. The van der Waals surface area contributed by atoms with E-state index in [9.17, 15) is 0 Å². The molecule has 0 radical (unpaired) electrons. The molecule has 2 nitrogen and oxygen atoms in total. The number of benzene rings is 1. The Hall–Kier alpha value is -1.83. The van der Waals surface area contributed by atoms with Crippen molar-refractivity contribution in [3.63, 3.8) is 0 Å². The van der Waals surface area contributed by atoms with Crippen LogP contribution in [0.4, 0.5) is 0 Å². The highest BCUT2D eigenvalue weighted by Crippen LogP contribution is 2.17. The summed E-state index contributed by atoms with van der Waals surface area (Å²) in [6.07, 6.45) is 5.52. The third-order valence-corrected chi connectivity index (χ3v) is 1.93. The van der Waals surface area contributed by atoms with Crippen LogP contribution < -0.4 is 4.74 Å². The number of ether oxygens (including phenoxy) is 1. The minimum Gasteiger partial charge on any atom is -0.497 e. The zero-order valence-electron chi connectivity index (χ0n) is 9.10. The fraction of sp³-hybridized carbons (Fsp3) is 0.154. The monoisotopic (exact) mass is 201 g/mol. The van der Waals surface area contributed by atoms with Crippen molar-refractivity contribution in [2.45, 2.75) is 6.92 Å². The SMILES string of the molecule is C=C(/N=C\C=C/C)c1ccc(OC)cc1. The molecule has 0 spiro atoms. The predicted molar refractivity (Wildman–Crippen MR) is 65.3 cm³/mol. The van der Waals surface area contributed by atoms with Crippen molar-refractivity contribution >= 4 is 11.9 Å². The van der Waals surface area contributed by atoms with E-state index in [2.05, 4.69) is 11.6 Å². The highest BCUT2D eigenvalue weighted by atomic mass is 16.5. The molecule has 1 aromatic rings. The zero-order valence-corrected chi connectivity index (χ0v) is 9.10. The van der Waals surface area contributed by atoms with Crippen molar-refractivity contribution in [2.24, 2.45) is 4.99 Å². The topological polar surface area (TPSA) is 21.6 Å². The van der Waals surface area contributed by atoms with Crippen LogP contribution in [0.3, 0.4) is 0 Å². The molecule has 1 rings (SSSR count). The van der Waals surface area contributed by atoms with E-state index in [1.165, 1.54) is 0 Å². The van der Waals surface area contributed by atoms with Crippen LogP contribution in [0.25, 0.3) is 5.70 Å². The molecular formula is C13H15NO. The maximum atomic E-state index is 5.07. The number of methoxy groups -OCH3 is 1. The van der Waals surface area contributed by atoms with Crippen molar-refractivity contribution in [3.05, 3.63) is 48.6 Å². The van der Waals surface area contributed by atoms with E-state index in [0.29, 0.717) is 0 Å². The first-order valence-electron chi connectivity index (χ1n) is 4.76. The average molecular weight is 201 g/mol. The molecule has 1 aromatic carbocycles. The molecule has 2 heteroatoms. The van der Waals surface area contributed by atoms with Gasteiger partial charge in [-0.25, -0.2) is 0 Å². The van der Waals surface area contributed by atoms with Crippen LogP contribution in [0.2, 0.25) is 0 Å². The summed E-state index contributed by atoms with van der Waals surface area (Å²) in [5.41, 5.74) is 1.74. The van der Waals surface area contributed by atoms with Crippen LogP contribution in [0.1, 0.15) is 12.5 Å². The lowest BCUT2D eigenvalue weighted by molar-refractivity contribution is 0.415. The Labute approximate surface area is 90.6 Å². The average Bonchev–Trinajstić information content (AvgIpc) is 2.29. The Kier molecular flexibility index (Phi) is 4.35. The van der Waals surface area contributed by atoms with Gasteiger partial charge in [0, 0.05) is 6.21 Å². The highest BCUT2D eigenvalue weighted by molar-refractivity contribution is 5.79. The molecule has 15 heavy (non-hydrogen) atoms. The van der Waals surface area contributed by atoms with Gasteiger partial charge in [0.15, 0.2) is 0 Å². The van der Waals surface area contributed by atoms with Crippen molar-refractivity contribution in [3.8, 4) is 5.75 Å². The summed E-state index contributed by atoms with van der Waals surface area (Å²) in [7, 11) is 1.65. The smallest absolute Gasteiger partial charge is 0.118 e. The first-order valence-corrected chi connectivity index (χ1v) is 4.76. The molecule has 0 amide bonds. The summed E-state index contributed by atoms with van der Waals surface area (Å²) in [5, 5.41) is 0. The Bertz CT molecular complexity index is 374. The molecule has 0 heterocycles. The predicted octanol–water partition coefficient (Wildman–Crippen LogP) is 3.31. The van der Waals surface area contributed by atoms with Gasteiger partial charge in [-0.2, -0.15) is 0 Å². The van der Waals surface area contributed by atoms with Gasteiger partial charge < -0.3 is 4.74 Å². The lowest BCUT2D eigenvalue weighted by Crippen LogP contribution is -1.84. The van der Waals surface area contributed by atoms with Crippen LogP contribution in [0.5, 0.6) is 5.75 Å². The number of hydrogen-bond donors (Lipinski definition) is 0. The van der Waals surface area contributed by atoms with E-state index < -0.39 is 0 Å². The van der Waals surface area contributed by atoms with E-state index in [4.69, 9.17) is 4.74 Å². The van der Waals surface area contributed by atoms with E-state index in [0.717, 1.165) is 17.0 Å². The largest absolute Gasteiger partial charge is 0.497 e. The standard InChI is InChI=1S/C13H15NO/c1-4-5-10-14-11(2)12-6-8-13(15-3)9-7-12/h4-10H,2H2,1,3H3/b5-4-,14-10-. The summed E-state index contributed by atoms with van der Waals surface area (Å²) in [5.74, 6) is 0.837. The number of allylic oxidation sites excluding steroid dienone is 2. The molecule has 0 aliphatic carbocycles. The molecule has 0 saturated carbocycles. The number of rotatable bonds is 4. The second-order valence-corrected chi connectivity index (χ2v) is 2.98. The minimum absolute atomic E-state index is 0.746. The van der Waals surface area contributed by atoms with Gasteiger partial charge in [-0.1, -0.05) is 12.7 Å². The summed E-state index contributed by atoms with van der Waals surface area (Å²) in [6, 6.07) is 7.67. The van der Waals surface area contributed by atoms with Gasteiger partial charge in [0.25, 0.3) is 0 Å². The van der Waals surface area contributed by atoms with Gasteiger partial charge in [-0.3, -0.25) is 4.99 Å². The molecule has 78 valence electrons. The normalized spacial score (nSPS) is 11.1. The maximum absolute atomic E-state index is 5.07. The van der Waals surface area contributed by atoms with E-state index in [1.54, 1.807) is 13.3 Å². The minimum atomic E-state index is 0.746. The molecule has 0 N–H and O–H groups in total. The first-order chi connectivity index (χ1) is 7.27. The number of aliphatic imine (C=N–C) groups is 1. The van der Waals surface area contributed by atoms with E-state index in [1.807, 2.05) is 43.3 Å². The summed E-state index contributed by atoms with van der Waals surface area (Å²) in [6.45, 7) is 5.83. The second kappa shape index (κ2) is 5.81. The number of nitrogens with zero attached hydrogens (tertiary/aromatic N) is 1. The van der Waals surface area contributed by atoms with Crippen molar-refractivity contribution < 1.29 is 4.74 Å². The molecule has 0 saturated heterocycles. The van der Waals surface area contributed by atoms with Gasteiger partial charge in [0.1, 0.15) is 5.75 Å². The van der Waals surface area contributed by atoms with Crippen molar-refractivity contribution in [1.29, 1.82) is 0 Å². The quantitative estimate of drug-likeness (QED) is 0.685. The Morgan fingerprint density at radius 1 is 1.33 bits per heavy atom. The molecule has 0 fully saturated rings. The molecule has 0 atom stereocenters. The zero-order chi connectivity index (χ0) is 11.1. The summed E-state index contributed by atoms with van der Waals surface area (Å²) in [4.78, 5) is 4.19. The first kappa shape index (κ1) is 11.2. The molecule has 0 aliphatic heterocycles. The van der Waals surface area contributed by atoms with Gasteiger partial charge in [-0.15, -0.1) is 0 Å². The fourth-order valence-corrected chi connectivity index (χ4v) is 1.08. The fourth-order valence-electron chi connectivity index (χ4n) is 1.08. The molecule has 0 unspecified atom stereocenters. The van der Waals surface area contributed by atoms with Crippen LogP contribution in [0, 0.1) is 0 Å². The lowest BCUT2D eigenvalue weighted by atomic mass is 10.2. The second-order valence-electron chi connectivity index (χ2n) is 2.98. The summed E-state index contributed by atoms with van der Waals surface area (Å²) >= 11 is 0. The maximum Gasteiger partial charge on any atom is 0.118 e. The highest BCUT2D eigenvalue weighted by Gasteiger charge is 1.96. The van der Waals surface area contributed by atoms with Gasteiger partial charge in [-0.05, 0) is 42.8 Å².